The number of hydrogen-bond donors (Lipinski definition) is 1. The van der Waals surface area contributed by atoms with Crippen LogP contribution in [0.25, 0.3) is 0 Å². The number of nitrogens with zero attached hydrogens (tertiary/aromatic N) is 1. The maximum atomic E-state index is 12.1. The Balaban J connectivity index is 1.75. The van der Waals surface area contributed by atoms with Gasteiger partial charge < -0.3 is 5.32 Å². The van der Waals surface area contributed by atoms with E-state index in [0.717, 1.165) is 32.5 Å². The van der Waals surface area contributed by atoms with Crippen LogP contribution >= 0.6 is 0 Å². The summed E-state index contributed by atoms with van der Waals surface area (Å²) in [5, 5.41) is 2.29. The molecule has 1 aromatic rings. The van der Waals surface area contributed by atoms with E-state index in [9.17, 15) is 13.6 Å². The first-order valence-electron chi connectivity index (χ1n) is 8.27. The van der Waals surface area contributed by atoms with Gasteiger partial charge in [-0.1, -0.05) is 23.8 Å². The molecule has 0 atom stereocenters. The van der Waals surface area contributed by atoms with Crippen LogP contribution in [0.1, 0.15) is 36.0 Å². The van der Waals surface area contributed by atoms with Crippen molar-refractivity contribution in [3.05, 3.63) is 34.9 Å². The first-order chi connectivity index (χ1) is 10.9. The average Bonchev–Trinajstić information content (AvgIpc) is 2.51. The molecule has 1 heterocycles. The summed E-state index contributed by atoms with van der Waals surface area (Å²) >= 11 is 0. The van der Waals surface area contributed by atoms with Gasteiger partial charge in [0.05, 0.1) is 6.54 Å². The summed E-state index contributed by atoms with van der Waals surface area (Å²) in [6.07, 6.45) is -0.206. The molecule has 0 spiro atoms. The summed E-state index contributed by atoms with van der Waals surface area (Å²) in [7, 11) is 0. The number of nitrogens with one attached hydrogen (secondary N) is 1. The number of likely N-dealkylation sites (tertiary alicyclic amines) is 1. The Kier molecular flexibility index (Phi) is 6.51. The number of amides is 1. The van der Waals surface area contributed by atoms with Crippen molar-refractivity contribution in [1.29, 1.82) is 0 Å². The van der Waals surface area contributed by atoms with Gasteiger partial charge in [0.15, 0.2) is 0 Å². The molecule has 3 nitrogen and oxygen atoms in total. The fourth-order valence-corrected chi connectivity index (χ4v) is 3.09. The van der Waals surface area contributed by atoms with Crippen molar-refractivity contribution in [1.82, 2.24) is 10.2 Å². The zero-order chi connectivity index (χ0) is 16.8. The van der Waals surface area contributed by atoms with E-state index in [1.54, 1.807) is 0 Å². The molecule has 1 N–H and O–H groups in total. The maximum absolute atomic E-state index is 12.1. The van der Waals surface area contributed by atoms with Crippen LogP contribution in [0, 0.1) is 19.8 Å². The molecule has 1 aromatic carbocycles. The maximum Gasteiger partial charge on any atom is 0.255 e. The zero-order valence-electron chi connectivity index (χ0n) is 13.9. The Labute approximate surface area is 137 Å². The summed E-state index contributed by atoms with van der Waals surface area (Å²) in [5.41, 5.74) is 3.94. The topological polar surface area (TPSA) is 32.3 Å². The molecule has 0 unspecified atom stereocenters. The molecule has 0 bridgehead atoms. The molecular weight excluding hydrogens is 298 g/mol. The Bertz CT molecular complexity index is 526. The van der Waals surface area contributed by atoms with E-state index in [0.29, 0.717) is 12.3 Å². The third-order valence-corrected chi connectivity index (χ3v) is 4.53. The minimum absolute atomic E-state index is 0.252. The lowest BCUT2D eigenvalue weighted by Crippen LogP contribution is -2.36. The van der Waals surface area contributed by atoms with Crippen molar-refractivity contribution < 1.29 is 13.6 Å². The van der Waals surface area contributed by atoms with Crippen molar-refractivity contribution >= 4 is 5.91 Å². The molecule has 1 aliphatic heterocycles. The van der Waals surface area contributed by atoms with Gasteiger partial charge in [-0.2, -0.15) is 0 Å². The fourth-order valence-electron chi connectivity index (χ4n) is 3.09. The lowest BCUT2D eigenvalue weighted by Gasteiger charge is -2.32. The molecule has 128 valence electrons. The first kappa shape index (κ1) is 17.9. The van der Waals surface area contributed by atoms with E-state index in [4.69, 9.17) is 0 Å². The number of halogens is 2. The molecule has 0 radical (unpaired) electrons. The van der Waals surface area contributed by atoms with Crippen molar-refractivity contribution in [3.8, 4) is 0 Å². The molecule has 1 aliphatic rings. The Morgan fingerprint density at radius 2 is 2.00 bits per heavy atom. The van der Waals surface area contributed by atoms with Gasteiger partial charge in [-0.25, -0.2) is 8.78 Å². The highest BCUT2D eigenvalue weighted by atomic mass is 19.3. The Hall–Kier alpha value is -1.49. The van der Waals surface area contributed by atoms with Crippen LogP contribution in [0.2, 0.25) is 0 Å². The van der Waals surface area contributed by atoms with Gasteiger partial charge in [0, 0.05) is 13.0 Å². The van der Waals surface area contributed by atoms with E-state index in [1.165, 1.54) is 16.7 Å². The summed E-state index contributed by atoms with van der Waals surface area (Å²) in [6.45, 7) is 6.56. The Morgan fingerprint density at radius 1 is 1.30 bits per heavy atom. The van der Waals surface area contributed by atoms with E-state index < -0.39 is 13.0 Å². The predicted molar refractivity (Wildman–Crippen MR) is 87.5 cm³/mol. The van der Waals surface area contributed by atoms with Crippen LogP contribution in [0.15, 0.2) is 18.2 Å². The number of alkyl halides is 2. The van der Waals surface area contributed by atoms with Gasteiger partial charge in [0.1, 0.15) is 0 Å². The summed E-state index contributed by atoms with van der Waals surface area (Å²) in [5.74, 6) is 0.0563. The third kappa shape index (κ3) is 5.90. The first-order valence-corrected chi connectivity index (χ1v) is 8.27. The SMILES string of the molecule is Cc1ccc(C)c(CN2CCC(CC(=O)NCC(F)F)CC2)c1. The minimum atomic E-state index is -2.47. The third-order valence-electron chi connectivity index (χ3n) is 4.53. The second kappa shape index (κ2) is 8.39. The number of carbonyl (C=O) groups excluding carboxylic acids is 1. The van der Waals surface area contributed by atoms with E-state index in [-0.39, 0.29) is 5.91 Å². The van der Waals surface area contributed by atoms with Crippen molar-refractivity contribution in [2.24, 2.45) is 5.92 Å². The zero-order valence-corrected chi connectivity index (χ0v) is 13.9. The van der Waals surface area contributed by atoms with Gasteiger partial charge in [0.2, 0.25) is 5.91 Å². The van der Waals surface area contributed by atoms with Crippen molar-refractivity contribution in [2.75, 3.05) is 19.6 Å². The minimum Gasteiger partial charge on any atom is -0.350 e. The molecule has 0 aliphatic carbocycles. The number of rotatable bonds is 6. The molecule has 1 fully saturated rings. The second-order valence-corrected chi connectivity index (χ2v) is 6.55. The molecule has 0 aromatic heterocycles. The van der Waals surface area contributed by atoms with Crippen LogP contribution in [-0.2, 0) is 11.3 Å². The summed E-state index contributed by atoms with van der Waals surface area (Å²) in [6, 6.07) is 6.52. The van der Waals surface area contributed by atoms with Crippen LogP contribution in [0.4, 0.5) is 8.78 Å². The van der Waals surface area contributed by atoms with Gasteiger partial charge in [-0.05, 0) is 56.8 Å². The summed E-state index contributed by atoms with van der Waals surface area (Å²) < 4.78 is 24.1. The average molecular weight is 324 g/mol. The predicted octanol–water partition coefficient (Wildman–Crippen LogP) is 3.29. The van der Waals surface area contributed by atoms with E-state index >= 15 is 0 Å². The number of hydrogen-bond acceptors (Lipinski definition) is 2. The number of aryl methyl sites for hydroxylation is 2. The number of piperidine rings is 1. The molecule has 23 heavy (non-hydrogen) atoms. The number of benzene rings is 1. The van der Waals surface area contributed by atoms with E-state index in [1.807, 2.05) is 0 Å². The molecule has 1 amide bonds. The smallest absolute Gasteiger partial charge is 0.255 e. The Morgan fingerprint density at radius 3 is 2.65 bits per heavy atom. The quantitative estimate of drug-likeness (QED) is 0.871. The highest BCUT2D eigenvalue weighted by Gasteiger charge is 2.22. The van der Waals surface area contributed by atoms with Crippen molar-refractivity contribution in [3.63, 3.8) is 0 Å². The standard InChI is InChI=1S/C18H26F2N2O/c1-13-3-4-14(2)16(9-13)12-22-7-5-15(6-8-22)10-18(23)21-11-17(19)20/h3-4,9,15,17H,5-8,10-12H2,1-2H3,(H,21,23). The van der Waals surface area contributed by atoms with Crippen LogP contribution in [-0.4, -0.2) is 36.9 Å². The fraction of sp³-hybridized carbons (Fsp3) is 0.611. The van der Waals surface area contributed by atoms with Gasteiger partial charge in [0.25, 0.3) is 6.43 Å². The molecule has 0 saturated carbocycles. The molecule has 1 saturated heterocycles. The molecule has 2 rings (SSSR count). The van der Waals surface area contributed by atoms with Gasteiger partial charge >= 0.3 is 0 Å². The van der Waals surface area contributed by atoms with Crippen LogP contribution in [0.5, 0.6) is 0 Å². The number of carbonyl (C=O) groups is 1. The van der Waals surface area contributed by atoms with E-state index in [2.05, 4.69) is 42.3 Å². The monoisotopic (exact) mass is 324 g/mol. The van der Waals surface area contributed by atoms with Crippen LogP contribution < -0.4 is 5.32 Å². The van der Waals surface area contributed by atoms with Gasteiger partial charge in [-0.3, -0.25) is 9.69 Å². The lowest BCUT2D eigenvalue weighted by molar-refractivity contribution is -0.123. The molecule has 5 heteroatoms. The van der Waals surface area contributed by atoms with Crippen molar-refractivity contribution in [2.45, 2.75) is 46.1 Å². The van der Waals surface area contributed by atoms with Crippen LogP contribution in [0.3, 0.4) is 0 Å². The normalized spacial score (nSPS) is 16.7. The molecular formula is C18H26F2N2O. The highest BCUT2D eigenvalue weighted by Crippen LogP contribution is 2.23. The lowest BCUT2D eigenvalue weighted by atomic mass is 9.92. The second-order valence-electron chi connectivity index (χ2n) is 6.55. The van der Waals surface area contributed by atoms with Gasteiger partial charge in [-0.15, -0.1) is 0 Å². The highest BCUT2D eigenvalue weighted by molar-refractivity contribution is 5.76. The summed E-state index contributed by atoms with van der Waals surface area (Å²) in [4.78, 5) is 14.0. The largest absolute Gasteiger partial charge is 0.350 e.